The number of esters is 1. The first kappa shape index (κ1) is 17.0. The molecular weight excluding hydrogens is 340 g/mol. The Bertz CT molecular complexity index is 740. The van der Waals surface area contributed by atoms with Crippen LogP contribution in [0.15, 0.2) is 17.6 Å². The normalized spacial score (nSPS) is 26.8. The molecule has 1 aliphatic heterocycles. The van der Waals surface area contributed by atoms with Crippen LogP contribution in [0.2, 0.25) is 0 Å². The summed E-state index contributed by atoms with van der Waals surface area (Å²) >= 11 is 1.17. The van der Waals surface area contributed by atoms with Crippen LogP contribution in [0.4, 0.5) is 0 Å². The Morgan fingerprint density at radius 1 is 1.42 bits per heavy atom. The number of hydrogen-bond donors (Lipinski definition) is 3. The van der Waals surface area contributed by atoms with Gasteiger partial charge in [-0.2, -0.15) is 5.10 Å². The van der Waals surface area contributed by atoms with Crippen molar-refractivity contribution in [3.63, 3.8) is 0 Å². The van der Waals surface area contributed by atoms with Crippen LogP contribution >= 0.6 is 11.8 Å². The van der Waals surface area contributed by atoms with Crippen molar-refractivity contribution in [3.8, 4) is 0 Å². The lowest BCUT2D eigenvalue weighted by Gasteiger charge is -2.15. The van der Waals surface area contributed by atoms with E-state index in [-0.39, 0.29) is 11.7 Å². The van der Waals surface area contributed by atoms with Crippen molar-refractivity contribution in [2.24, 2.45) is 0 Å². The van der Waals surface area contributed by atoms with E-state index in [1.165, 1.54) is 36.1 Å². The average molecular weight is 356 g/mol. The molecular formula is C13H16N4O6S. The Hall–Kier alpha value is -1.79. The Balaban J connectivity index is 1.90. The van der Waals surface area contributed by atoms with E-state index in [2.05, 4.69) is 19.8 Å². The highest BCUT2D eigenvalue weighted by Gasteiger charge is 2.44. The van der Waals surface area contributed by atoms with Gasteiger partial charge in [-0.15, -0.1) is 0 Å². The molecule has 24 heavy (non-hydrogen) atoms. The van der Waals surface area contributed by atoms with Gasteiger partial charge >= 0.3 is 5.97 Å². The third-order valence-corrected chi connectivity index (χ3v) is 4.65. The first-order valence-electron chi connectivity index (χ1n) is 7.07. The van der Waals surface area contributed by atoms with Crippen LogP contribution in [0, 0.1) is 0 Å². The Kier molecular flexibility index (Phi) is 4.96. The number of carbonyl (C=O) groups excluding carboxylic acids is 1. The number of aliphatic hydroxyl groups excluding tert-OH is 3. The molecule has 1 saturated heterocycles. The summed E-state index contributed by atoms with van der Waals surface area (Å²) in [5.74, 6) is -0.302. The zero-order valence-electron chi connectivity index (χ0n) is 12.6. The lowest BCUT2D eigenvalue weighted by Crippen LogP contribution is -2.33. The van der Waals surface area contributed by atoms with Crippen molar-refractivity contribution < 1.29 is 29.6 Å². The average Bonchev–Trinajstić information content (AvgIpc) is 3.15. The van der Waals surface area contributed by atoms with E-state index in [0.29, 0.717) is 16.1 Å². The van der Waals surface area contributed by atoms with Gasteiger partial charge in [0, 0.05) is 0 Å². The monoisotopic (exact) mass is 356 g/mol. The molecule has 4 atom stereocenters. The molecule has 1 aliphatic rings. The van der Waals surface area contributed by atoms with Gasteiger partial charge in [-0.25, -0.2) is 14.6 Å². The Labute approximate surface area is 140 Å². The summed E-state index contributed by atoms with van der Waals surface area (Å²) < 4.78 is 11.4. The van der Waals surface area contributed by atoms with Gasteiger partial charge in [-0.3, -0.25) is 4.79 Å². The number of hydrogen-bond acceptors (Lipinski definition) is 10. The van der Waals surface area contributed by atoms with Gasteiger partial charge < -0.3 is 24.8 Å². The minimum Gasteiger partial charge on any atom is -0.468 e. The molecule has 0 bridgehead atoms. The van der Waals surface area contributed by atoms with Gasteiger partial charge in [0.25, 0.3) is 0 Å². The van der Waals surface area contributed by atoms with Crippen molar-refractivity contribution >= 4 is 28.8 Å². The van der Waals surface area contributed by atoms with Gasteiger partial charge in [0.05, 0.1) is 31.1 Å². The number of aromatic nitrogens is 4. The Morgan fingerprint density at radius 3 is 2.88 bits per heavy atom. The predicted octanol–water partition coefficient (Wildman–Crippen LogP) is -1.30. The minimum absolute atomic E-state index is 0.0850. The minimum atomic E-state index is -1.26. The number of methoxy groups -OCH3 is 1. The molecule has 3 N–H and O–H groups in total. The van der Waals surface area contributed by atoms with E-state index in [0.717, 1.165) is 0 Å². The lowest BCUT2D eigenvalue weighted by atomic mass is 10.1. The summed E-state index contributed by atoms with van der Waals surface area (Å²) in [5, 5.41) is 34.4. The van der Waals surface area contributed by atoms with Crippen LogP contribution in [0.5, 0.6) is 0 Å². The van der Waals surface area contributed by atoms with Crippen molar-refractivity contribution in [1.29, 1.82) is 0 Å². The first-order chi connectivity index (χ1) is 11.6. The van der Waals surface area contributed by atoms with E-state index >= 15 is 0 Å². The van der Waals surface area contributed by atoms with Crippen molar-refractivity contribution in [1.82, 2.24) is 19.7 Å². The van der Waals surface area contributed by atoms with E-state index < -0.39 is 31.1 Å². The number of ether oxygens (including phenoxy) is 2. The number of nitrogens with zero attached hydrogens (tertiary/aromatic N) is 4. The largest absolute Gasteiger partial charge is 0.468 e. The summed E-state index contributed by atoms with van der Waals surface area (Å²) in [4.78, 5) is 19.5. The molecule has 0 aliphatic carbocycles. The molecule has 10 nitrogen and oxygen atoms in total. The summed E-state index contributed by atoms with van der Waals surface area (Å²) in [6.07, 6.45) is -1.58. The molecule has 3 rings (SSSR count). The van der Waals surface area contributed by atoms with Gasteiger partial charge in [0.1, 0.15) is 29.7 Å². The van der Waals surface area contributed by atoms with E-state index in [1.54, 1.807) is 0 Å². The smallest absolute Gasteiger partial charge is 0.316 e. The number of aliphatic hydroxyl groups is 3. The first-order valence-corrected chi connectivity index (χ1v) is 8.05. The molecule has 3 heterocycles. The van der Waals surface area contributed by atoms with Crippen molar-refractivity contribution in [3.05, 3.63) is 12.5 Å². The fourth-order valence-electron chi connectivity index (χ4n) is 2.41. The predicted molar refractivity (Wildman–Crippen MR) is 81.1 cm³/mol. The highest BCUT2D eigenvalue weighted by atomic mass is 32.2. The second-order valence-electron chi connectivity index (χ2n) is 5.10. The number of rotatable bonds is 5. The third kappa shape index (κ3) is 2.96. The number of fused-ring (bicyclic) bond motifs is 1. The molecule has 1 fully saturated rings. The van der Waals surface area contributed by atoms with Crippen LogP contribution in [0.1, 0.15) is 6.23 Å². The second kappa shape index (κ2) is 6.99. The molecule has 0 aromatic carbocycles. The SMILES string of the molecule is COC(=O)CSc1ncnc2c1cnn2C1OC(CO)C(O)C1O. The van der Waals surface area contributed by atoms with E-state index in [9.17, 15) is 20.1 Å². The fourth-order valence-corrected chi connectivity index (χ4v) is 3.20. The van der Waals surface area contributed by atoms with E-state index in [1.807, 2.05) is 0 Å². The maximum absolute atomic E-state index is 11.3. The standard InChI is InChI=1S/C13H16N4O6S/c1-22-8(19)4-24-12-6-2-16-17(11(6)14-5-15-12)13-10(21)9(20)7(3-18)23-13/h2,5,7,9-10,13,18,20-21H,3-4H2,1H3. The van der Waals surface area contributed by atoms with Gasteiger partial charge in [-0.1, -0.05) is 11.8 Å². The molecule has 2 aromatic heterocycles. The maximum atomic E-state index is 11.3. The van der Waals surface area contributed by atoms with Crippen LogP contribution in [-0.2, 0) is 14.3 Å². The summed E-state index contributed by atoms with van der Waals surface area (Å²) in [6, 6.07) is 0. The quantitative estimate of drug-likeness (QED) is 0.336. The van der Waals surface area contributed by atoms with Crippen LogP contribution in [0.3, 0.4) is 0 Å². The van der Waals surface area contributed by atoms with Crippen LogP contribution in [0.25, 0.3) is 11.0 Å². The molecule has 0 spiro atoms. The number of thioether (sulfide) groups is 1. The molecule has 0 saturated carbocycles. The van der Waals surface area contributed by atoms with Gasteiger partial charge in [0.15, 0.2) is 11.9 Å². The van der Waals surface area contributed by atoms with Crippen molar-refractivity contribution in [2.45, 2.75) is 29.6 Å². The van der Waals surface area contributed by atoms with Gasteiger partial charge in [-0.05, 0) is 0 Å². The molecule has 4 unspecified atom stereocenters. The molecule has 0 radical (unpaired) electrons. The highest BCUT2D eigenvalue weighted by molar-refractivity contribution is 8.00. The van der Waals surface area contributed by atoms with Crippen LogP contribution in [-0.4, -0.2) is 78.8 Å². The molecule has 2 aromatic rings. The fraction of sp³-hybridized carbons (Fsp3) is 0.538. The molecule has 130 valence electrons. The topological polar surface area (TPSA) is 140 Å². The summed E-state index contributed by atoms with van der Waals surface area (Å²) in [5.41, 5.74) is 0.382. The third-order valence-electron chi connectivity index (χ3n) is 3.67. The number of carbonyl (C=O) groups is 1. The highest BCUT2D eigenvalue weighted by Crippen LogP contribution is 2.32. The molecule has 0 amide bonds. The lowest BCUT2D eigenvalue weighted by molar-refractivity contribution is -0.137. The van der Waals surface area contributed by atoms with Crippen LogP contribution < -0.4 is 0 Å². The molecule has 11 heteroatoms. The van der Waals surface area contributed by atoms with Gasteiger partial charge in [0.2, 0.25) is 0 Å². The summed E-state index contributed by atoms with van der Waals surface area (Å²) in [7, 11) is 1.30. The van der Waals surface area contributed by atoms with E-state index in [4.69, 9.17) is 4.74 Å². The van der Waals surface area contributed by atoms with Crippen molar-refractivity contribution in [2.75, 3.05) is 19.5 Å². The zero-order valence-corrected chi connectivity index (χ0v) is 13.5. The second-order valence-corrected chi connectivity index (χ2v) is 6.06. The summed E-state index contributed by atoms with van der Waals surface area (Å²) in [6.45, 7) is -0.427. The zero-order chi connectivity index (χ0) is 17.3. The Morgan fingerprint density at radius 2 is 2.21 bits per heavy atom. The maximum Gasteiger partial charge on any atom is 0.316 e.